The van der Waals surface area contributed by atoms with Crippen LogP contribution in [-0.4, -0.2) is 34.2 Å². The summed E-state index contributed by atoms with van der Waals surface area (Å²) in [6, 6.07) is 5.91. The van der Waals surface area contributed by atoms with Gasteiger partial charge in [-0.2, -0.15) is 0 Å². The van der Waals surface area contributed by atoms with Gasteiger partial charge in [-0.15, -0.1) is 0 Å². The average Bonchev–Trinajstić information content (AvgIpc) is 2.76. The first-order valence-electron chi connectivity index (χ1n) is 6.43. The van der Waals surface area contributed by atoms with Crippen LogP contribution in [-0.2, 0) is 13.0 Å². The topological polar surface area (TPSA) is 65.6 Å². The predicted octanol–water partition coefficient (Wildman–Crippen LogP) is 2.60. The number of hydrogen-bond donors (Lipinski definition) is 2. The monoisotopic (exact) mass is 260 g/mol. The first kappa shape index (κ1) is 11.9. The summed E-state index contributed by atoms with van der Waals surface area (Å²) >= 11 is 0. The van der Waals surface area contributed by atoms with Crippen LogP contribution in [0.4, 0.5) is 4.79 Å². The molecule has 0 spiro atoms. The molecule has 2 N–H and O–H groups in total. The van der Waals surface area contributed by atoms with Gasteiger partial charge in [0.25, 0.3) is 0 Å². The van der Waals surface area contributed by atoms with Crippen molar-refractivity contribution in [3.05, 3.63) is 29.5 Å². The van der Waals surface area contributed by atoms with Crippen LogP contribution in [0.1, 0.15) is 18.2 Å². The van der Waals surface area contributed by atoms with Gasteiger partial charge in [0.1, 0.15) is 5.75 Å². The Morgan fingerprint density at radius 3 is 3.11 bits per heavy atom. The number of aromatic amines is 1. The number of ether oxygens (including phenoxy) is 1. The fraction of sp³-hybridized carbons (Fsp3) is 0.357. The minimum atomic E-state index is -0.860. The van der Waals surface area contributed by atoms with Gasteiger partial charge in [-0.05, 0) is 25.1 Å². The number of hydrogen-bond acceptors (Lipinski definition) is 2. The van der Waals surface area contributed by atoms with Crippen molar-refractivity contribution in [3.8, 4) is 5.75 Å². The van der Waals surface area contributed by atoms with Crippen molar-refractivity contribution in [2.75, 3.05) is 13.2 Å². The minimum Gasteiger partial charge on any atom is -0.494 e. The van der Waals surface area contributed by atoms with E-state index in [1.165, 1.54) is 4.90 Å². The minimum absolute atomic E-state index is 0.445. The normalized spacial score (nSPS) is 14.5. The molecule has 100 valence electrons. The zero-order chi connectivity index (χ0) is 13.4. The summed E-state index contributed by atoms with van der Waals surface area (Å²) in [6.07, 6.45) is -0.124. The highest BCUT2D eigenvalue weighted by Crippen LogP contribution is 2.30. The maximum Gasteiger partial charge on any atom is 0.407 e. The second kappa shape index (κ2) is 4.50. The molecule has 1 aromatic carbocycles. The first-order valence-corrected chi connectivity index (χ1v) is 6.43. The highest BCUT2D eigenvalue weighted by Gasteiger charge is 2.23. The number of rotatable bonds is 2. The van der Waals surface area contributed by atoms with E-state index in [1.54, 1.807) is 0 Å². The van der Waals surface area contributed by atoms with Crippen molar-refractivity contribution >= 4 is 17.0 Å². The highest BCUT2D eigenvalue weighted by molar-refractivity contribution is 5.86. The molecular weight excluding hydrogens is 244 g/mol. The van der Waals surface area contributed by atoms with Crippen LogP contribution in [0, 0.1) is 0 Å². The van der Waals surface area contributed by atoms with Crippen molar-refractivity contribution in [2.45, 2.75) is 19.9 Å². The Kier molecular flexibility index (Phi) is 2.81. The zero-order valence-electron chi connectivity index (χ0n) is 10.8. The van der Waals surface area contributed by atoms with Crippen LogP contribution < -0.4 is 4.74 Å². The summed E-state index contributed by atoms with van der Waals surface area (Å²) in [5.74, 6) is 0.823. The molecule has 1 aliphatic rings. The maximum atomic E-state index is 11.1. The molecule has 0 aliphatic carbocycles. The summed E-state index contributed by atoms with van der Waals surface area (Å²) in [5.41, 5.74) is 3.26. The van der Waals surface area contributed by atoms with Crippen LogP contribution >= 0.6 is 0 Å². The number of aromatic nitrogens is 1. The standard InChI is InChI=1S/C14H16N2O3/c1-2-19-9-3-4-12-10(7-9)11-8-16(14(17)18)6-5-13(11)15-12/h3-4,7,15H,2,5-6,8H2,1H3,(H,17,18). The molecule has 2 aromatic rings. The SMILES string of the molecule is CCOc1ccc2[nH]c3c(c2c1)CN(C(=O)O)CC3. The second-order valence-corrected chi connectivity index (χ2v) is 4.68. The quantitative estimate of drug-likeness (QED) is 0.872. The number of carbonyl (C=O) groups is 1. The lowest BCUT2D eigenvalue weighted by Crippen LogP contribution is -2.34. The molecule has 19 heavy (non-hydrogen) atoms. The molecule has 0 bridgehead atoms. The van der Waals surface area contributed by atoms with Crippen molar-refractivity contribution in [2.24, 2.45) is 0 Å². The van der Waals surface area contributed by atoms with Crippen molar-refractivity contribution in [1.29, 1.82) is 0 Å². The predicted molar refractivity (Wildman–Crippen MR) is 71.6 cm³/mol. The Hall–Kier alpha value is -2.17. The third-order valence-electron chi connectivity index (χ3n) is 3.53. The van der Waals surface area contributed by atoms with Gasteiger partial charge in [0.05, 0.1) is 13.2 Å². The third-order valence-corrected chi connectivity index (χ3v) is 3.53. The molecule has 1 aromatic heterocycles. The van der Waals surface area contributed by atoms with E-state index in [0.717, 1.165) is 34.3 Å². The molecular formula is C14H16N2O3. The summed E-state index contributed by atoms with van der Waals surface area (Å²) < 4.78 is 5.50. The summed E-state index contributed by atoms with van der Waals surface area (Å²) in [6.45, 7) is 3.57. The van der Waals surface area contributed by atoms with Gasteiger partial charge in [0.15, 0.2) is 0 Å². The summed E-state index contributed by atoms with van der Waals surface area (Å²) in [7, 11) is 0. The average molecular weight is 260 g/mol. The molecule has 1 amide bonds. The van der Waals surface area contributed by atoms with E-state index in [4.69, 9.17) is 9.84 Å². The molecule has 0 radical (unpaired) electrons. The molecule has 0 fully saturated rings. The smallest absolute Gasteiger partial charge is 0.407 e. The Bertz CT molecular complexity index is 633. The van der Waals surface area contributed by atoms with E-state index in [9.17, 15) is 4.79 Å². The number of nitrogens with zero attached hydrogens (tertiary/aromatic N) is 1. The van der Waals surface area contributed by atoms with Gasteiger partial charge < -0.3 is 19.7 Å². The van der Waals surface area contributed by atoms with E-state index in [1.807, 2.05) is 25.1 Å². The fourth-order valence-electron chi connectivity index (χ4n) is 2.61. The zero-order valence-corrected chi connectivity index (χ0v) is 10.8. The van der Waals surface area contributed by atoms with Gasteiger partial charge in [-0.25, -0.2) is 4.79 Å². The van der Waals surface area contributed by atoms with Crippen LogP contribution in [0.3, 0.4) is 0 Å². The van der Waals surface area contributed by atoms with Gasteiger partial charge in [-0.3, -0.25) is 0 Å². The van der Waals surface area contributed by atoms with Crippen LogP contribution in [0.25, 0.3) is 10.9 Å². The summed E-state index contributed by atoms with van der Waals surface area (Å²) in [4.78, 5) is 15.9. The van der Waals surface area contributed by atoms with Crippen molar-refractivity contribution in [3.63, 3.8) is 0 Å². The Morgan fingerprint density at radius 1 is 1.53 bits per heavy atom. The second-order valence-electron chi connectivity index (χ2n) is 4.68. The number of carboxylic acid groups (broad SMARTS) is 1. The Labute approximate surface area is 110 Å². The van der Waals surface area contributed by atoms with Crippen LogP contribution in [0.2, 0.25) is 0 Å². The van der Waals surface area contributed by atoms with E-state index in [0.29, 0.717) is 19.7 Å². The molecule has 0 saturated carbocycles. The number of H-pyrrole nitrogens is 1. The Balaban J connectivity index is 2.05. The van der Waals surface area contributed by atoms with Gasteiger partial charge in [-0.1, -0.05) is 0 Å². The fourth-order valence-corrected chi connectivity index (χ4v) is 2.61. The lowest BCUT2D eigenvalue weighted by atomic mass is 10.0. The van der Waals surface area contributed by atoms with E-state index < -0.39 is 6.09 Å². The Morgan fingerprint density at radius 2 is 2.37 bits per heavy atom. The molecule has 3 rings (SSSR count). The van der Waals surface area contributed by atoms with E-state index >= 15 is 0 Å². The van der Waals surface area contributed by atoms with E-state index in [-0.39, 0.29) is 0 Å². The van der Waals surface area contributed by atoms with E-state index in [2.05, 4.69) is 4.98 Å². The number of nitrogens with one attached hydrogen (secondary N) is 1. The maximum absolute atomic E-state index is 11.1. The lowest BCUT2D eigenvalue weighted by molar-refractivity contribution is 0.140. The molecule has 2 heterocycles. The van der Waals surface area contributed by atoms with Crippen LogP contribution in [0.5, 0.6) is 5.75 Å². The molecule has 0 unspecified atom stereocenters. The van der Waals surface area contributed by atoms with Crippen molar-refractivity contribution < 1.29 is 14.6 Å². The number of amides is 1. The summed E-state index contributed by atoms with van der Waals surface area (Å²) in [5, 5.41) is 10.2. The highest BCUT2D eigenvalue weighted by atomic mass is 16.5. The largest absolute Gasteiger partial charge is 0.494 e. The van der Waals surface area contributed by atoms with Crippen molar-refractivity contribution in [1.82, 2.24) is 9.88 Å². The molecule has 5 heteroatoms. The van der Waals surface area contributed by atoms with Gasteiger partial charge in [0.2, 0.25) is 0 Å². The number of benzene rings is 1. The van der Waals surface area contributed by atoms with Gasteiger partial charge in [0, 0.05) is 35.1 Å². The number of fused-ring (bicyclic) bond motifs is 3. The molecule has 0 atom stereocenters. The first-order chi connectivity index (χ1) is 9.19. The van der Waals surface area contributed by atoms with Crippen LogP contribution in [0.15, 0.2) is 18.2 Å². The molecule has 0 saturated heterocycles. The third kappa shape index (κ3) is 2.01. The lowest BCUT2D eigenvalue weighted by Gasteiger charge is -2.24. The molecule has 5 nitrogen and oxygen atoms in total. The molecule has 1 aliphatic heterocycles. The van der Waals surface area contributed by atoms with Gasteiger partial charge >= 0.3 is 6.09 Å².